The summed E-state index contributed by atoms with van der Waals surface area (Å²) in [5.74, 6) is -0.539. The number of aryl methyl sites for hydroxylation is 1. The minimum absolute atomic E-state index is 0.0471. The van der Waals surface area contributed by atoms with E-state index >= 15 is 0 Å². The lowest BCUT2D eigenvalue weighted by Gasteiger charge is -2.35. The quantitative estimate of drug-likeness (QED) is 0.165. The molecule has 2 aliphatic carbocycles. The number of hydrogen-bond donors (Lipinski definition) is 2. The van der Waals surface area contributed by atoms with Gasteiger partial charge in [0.05, 0.1) is 11.4 Å². The van der Waals surface area contributed by atoms with Crippen molar-refractivity contribution in [2.75, 3.05) is 0 Å². The fraction of sp³-hybridized carbons (Fsp3) is 0.303. The monoisotopic (exact) mass is 662 g/mol. The van der Waals surface area contributed by atoms with Gasteiger partial charge in [-0.2, -0.15) is 5.10 Å². The summed E-state index contributed by atoms with van der Waals surface area (Å²) in [5.41, 5.74) is 5.20. The Morgan fingerprint density at radius 2 is 1.91 bits per heavy atom. The SMILES string of the molecule is Cc1ccc(C2CC(c3cccc(-c4nn(-c5nc(C(=O)O)cs5)c(CC5CC5)c4Cc4ccc(S(N)(=O)=O)c(F)c4)c3)C2)s1. The molecule has 232 valence electrons. The van der Waals surface area contributed by atoms with E-state index in [1.54, 1.807) is 10.7 Å². The molecule has 0 aliphatic heterocycles. The standard InChI is InChI=1S/C33H31FN4O4S3/c1-18-5-9-29(44-18)24-15-23(16-24)21-3-2-4-22(14-21)31-25(11-20-8-10-30(26(34)12-20)45(35,41)42)28(13-19-6-7-19)38(37-31)33-36-27(17-43-33)32(39)40/h2-5,8-10,12,14,17,19,23-24H,6-7,11,13,15-16H2,1H3,(H,39,40)(H2,35,41,42). The van der Waals surface area contributed by atoms with Crippen molar-refractivity contribution in [3.05, 3.63) is 104 Å². The number of thiazole rings is 1. The van der Waals surface area contributed by atoms with Crippen molar-refractivity contribution in [2.24, 2.45) is 11.1 Å². The molecule has 0 radical (unpaired) electrons. The molecule has 7 rings (SSSR count). The molecule has 0 spiro atoms. The number of nitrogens with two attached hydrogens (primary N) is 1. The summed E-state index contributed by atoms with van der Waals surface area (Å²) < 4.78 is 40.4. The average Bonchev–Trinajstić information content (AvgIpc) is 3.31. The summed E-state index contributed by atoms with van der Waals surface area (Å²) in [6.07, 6.45) is 5.35. The van der Waals surface area contributed by atoms with Crippen molar-refractivity contribution in [2.45, 2.75) is 62.2 Å². The van der Waals surface area contributed by atoms with Crippen molar-refractivity contribution in [3.8, 4) is 16.4 Å². The highest BCUT2D eigenvalue weighted by atomic mass is 32.2. The number of carbonyl (C=O) groups is 1. The maximum atomic E-state index is 14.9. The van der Waals surface area contributed by atoms with E-state index in [0.717, 1.165) is 48.2 Å². The first kappa shape index (κ1) is 30.0. The predicted octanol–water partition coefficient (Wildman–Crippen LogP) is 7.05. The molecule has 0 amide bonds. The van der Waals surface area contributed by atoms with Gasteiger partial charge in [0.1, 0.15) is 10.7 Å². The van der Waals surface area contributed by atoms with Gasteiger partial charge >= 0.3 is 5.97 Å². The number of carboxylic acids is 1. The van der Waals surface area contributed by atoms with E-state index in [9.17, 15) is 22.7 Å². The molecule has 12 heteroatoms. The van der Waals surface area contributed by atoms with Crippen molar-refractivity contribution < 1.29 is 22.7 Å². The Kier molecular flexibility index (Phi) is 7.71. The Hall–Kier alpha value is -3.71. The van der Waals surface area contributed by atoms with Crippen LogP contribution in [0.4, 0.5) is 4.39 Å². The van der Waals surface area contributed by atoms with E-state index in [0.29, 0.717) is 41.3 Å². The highest BCUT2D eigenvalue weighted by Crippen LogP contribution is 2.49. The van der Waals surface area contributed by atoms with Crippen molar-refractivity contribution in [1.29, 1.82) is 0 Å². The average molecular weight is 663 g/mol. The number of halogens is 1. The number of aromatic carboxylic acids is 1. The van der Waals surface area contributed by atoms with Crippen LogP contribution in [-0.2, 0) is 22.9 Å². The minimum atomic E-state index is -4.20. The first-order chi connectivity index (χ1) is 21.5. The molecule has 0 unspecified atom stereocenters. The molecule has 2 saturated carbocycles. The molecule has 3 N–H and O–H groups in total. The number of thiophene rings is 1. The van der Waals surface area contributed by atoms with Gasteiger partial charge in [-0.15, -0.1) is 22.7 Å². The summed E-state index contributed by atoms with van der Waals surface area (Å²) in [4.78, 5) is 18.2. The van der Waals surface area contributed by atoms with Crippen LogP contribution in [0.2, 0.25) is 0 Å². The number of benzene rings is 2. The van der Waals surface area contributed by atoms with Crippen LogP contribution in [0.3, 0.4) is 0 Å². The van der Waals surface area contributed by atoms with Gasteiger partial charge in [0.2, 0.25) is 15.2 Å². The number of hydrogen-bond acceptors (Lipinski definition) is 7. The molecule has 3 aromatic heterocycles. The third kappa shape index (κ3) is 6.11. The third-order valence-corrected chi connectivity index (χ3v) is 11.7. The zero-order valence-corrected chi connectivity index (χ0v) is 26.9. The van der Waals surface area contributed by atoms with Gasteiger partial charge in [0.25, 0.3) is 0 Å². The summed E-state index contributed by atoms with van der Waals surface area (Å²) in [6, 6.07) is 16.8. The Morgan fingerprint density at radius 3 is 2.56 bits per heavy atom. The Labute approximate surface area is 268 Å². The van der Waals surface area contributed by atoms with Gasteiger partial charge in [-0.3, -0.25) is 0 Å². The lowest BCUT2D eigenvalue weighted by atomic mass is 9.70. The van der Waals surface area contributed by atoms with Crippen LogP contribution >= 0.6 is 22.7 Å². The number of nitrogens with zero attached hydrogens (tertiary/aromatic N) is 3. The van der Waals surface area contributed by atoms with E-state index in [2.05, 4.69) is 36.2 Å². The van der Waals surface area contributed by atoms with Gasteiger partial charge in [0.15, 0.2) is 5.69 Å². The van der Waals surface area contributed by atoms with E-state index in [1.165, 1.54) is 44.2 Å². The lowest BCUT2D eigenvalue weighted by molar-refractivity contribution is 0.0691. The summed E-state index contributed by atoms with van der Waals surface area (Å²) in [5, 5.41) is 21.8. The summed E-state index contributed by atoms with van der Waals surface area (Å²) in [6.45, 7) is 2.14. The second kappa shape index (κ2) is 11.6. The minimum Gasteiger partial charge on any atom is -0.476 e. The molecule has 45 heavy (non-hydrogen) atoms. The van der Waals surface area contributed by atoms with Gasteiger partial charge in [-0.1, -0.05) is 24.3 Å². The first-order valence-electron chi connectivity index (χ1n) is 14.8. The van der Waals surface area contributed by atoms with Gasteiger partial charge in [-0.05, 0) is 98.2 Å². The maximum absolute atomic E-state index is 14.9. The summed E-state index contributed by atoms with van der Waals surface area (Å²) >= 11 is 3.08. The zero-order valence-electron chi connectivity index (χ0n) is 24.4. The van der Waals surface area contributed by atoms with Crippen LogP contribution in [0, 0.1) is 18.7 Å². The molecule has 0 atom stereocenters. The predicted molar refractivity (Wildman–Crippen MR) is 172 cm³/mol. The fourth-order valence-electron chi connectivity index (χ4n) is 6.15. The molecular formula is C33H31FN4O4S3. The molecule has 3 heterocycles. The number of aromatic nitrogens is 3. The van der Waals surface area contributed by atoms with Gasteiger partial charge < -0.3 is 5.11 Å². The van der Waals surface area contributed by atoms with Crippen LogP contribution in [0.1, 0.15) is 80.1 Å². The third-order valence-electron chi connectivity index (χ3n) is 8.78. The van der Waals surface area contributed by atoms with E-state index in [1.807, 2.05) is 23.5 Å². The topological polar surface area (TPSA) is 128 Å². The molecule has 5 aromatic rings. The number of sulfonamides is 1. The highest BCUT2D eigenvalue weighted by Gasteiger charge is 2.33. The molecule has 2 fully saturated rings. The molecule has 8 nitrogen and oxygen atoms in total. The number of primary sulfonamides is 1. The van der Waals surface area contributed by atoms with Crippen molar-refractivity contribution in [3.63, 3.8) is 0 Å². The Balaban J connectivity index is 1.30. The van der Waals surface area contributed by atoms with Crippen LogP contribution in [0.15, 0.2) is 64.9 Å². The number of carboxylic acid groups (broad SMARTS) is 1. The fourth-order valence-corrected chi connectivity index (χ4v) is 8.51. The van der Waals surface area contributed by atoms with Crippen LogP contribution < -0.4 is 5.14 Å². The Morgan fingerprint density at radius 1 is 1.11 bits per heavy atom. The highest BCUT2D eigenvalue weighted by molar-refractivity contribution is 7.89. The first-order valence-corrected chi connectivity index (χ1v) is 18.1. The van der Waals surface area contributed by atoms with Crippen molar-refractivity contribution >= 4 is 38.7 Å². The maximum Gasteiger partial charge on any atom is 0.355 e. The van der Waals surface area contributed by atoms with E-state index < -0.39 is 26.7 Å². The van der Waals surface area contributed by atoms with Crippen molar-refractivity contribution in [1.82, 2.24) is 14.8 Å². The molecule has 0 saturated heterocycles. The van der Waals surface area contributed by atoms with Gasteiger partial charge in [0, 0.05) is 32.7 Å². The largest absolute Gasteiger partial charge is 0.476 e. The van der Waals surface area contributed by atoms with E-state index in [-0.39, 0.29) is 5.69 Å². The zero-order chi connectivity index (χ0) is 31.5. The molecule has 2 aliphatic rings. The summed E-state index contributed by atoms with van der Waals surface area (Å²) in [7, 11) is -4.20. The van der Waals surface area contributed by atoms with Crippen LogP contribution in [0.5, 0.6) is 0 Å². The smallest absolute Gasteiger partial charge is 0.355 e. The molecular weight excluding hydrogens is 632 g/mol. The normalized spacial score (nSPS) is 18.2. The molecule has 0 bridgehead atoms. The van der Waals surface area contributed by atoms with Crippen LogP contribution in [0.25, 0.3) is 16.4 Å². The van der Waals surface area contributed by atoms with E-state index in [4.69, 9.17) is 10.2 Å². The van der Waals surface area contributed by atoms with Gasteiger partial charge in [-0.25, -0.2) is 32.4 Å². The van der Waals surface area contributed by atoms with Crippen LogP contribution in [-0.4, -0.2) is 34.3 Å². The second-order valence-corrected chi connectivity index (χ2v) is 15.8. The second-order valence-electron chi connectivity index (χ2n) is 12.1. The lowest BCUT2D eigenvalue weighted by Crippen LogP contribution is -2.19. The number of rotatable bonds is 10. The Bertz CT molecular complexity index is 2040. The molecule has 2 aromatic carbocycles.